The van der Waals surface area contributed by atoms with Gasteiger partial charge in [-0.25, -0.2) is 13.6 Å². The Balaban J connectivity index is 2.16. The third kappa shape index (κ3) is 2.18. The highest BCUT2D eigenvalue weighted by atomic mass is 79.9. The molecule has 0 aliphatic carbocycles. The average Bonchev–Trinajstić information content (AvgIpc) is 2.64. The van der Waals surface area contributed by atoms with Crippen LogP contribution in [0.15, 0.2) is 31.9 Å². The van der Waals surface area contributed by atoms with Crippen LogP contribution in [0.2, 0.25) is 0 Å². The molecule has 1 aliphatic heterocycles. The summed E-state index contributed by atoms with van der Waals surface area (Å²) in [4.78, 5) is 13.5. The fourth-order valence-electron chi connectivity index (χ4n) is 2.72. The zero-order valence-corrected chi connectivity index (χ0v) is 12.4. The van der Waals surface area contributed by atoms with Crippen molar-refractivity contribution in [3.63, 3.8) is 0 Å². The molecule has 1 atom stereocenters. The number of hydrogen-bond donors (Lipinski definition) is 0. The van der Waals surface area contributed by atoms with Gasteiger partial charge in [0.2, 0.25) is 0 Å². The third-order valence-electron chi connectivity index (χ3n) is 3.64. The Kier molecular flexibility index (Phi) is 3.21. The molecular formula is C13H13BrF2N2O2. The largest absolute Gasteiger partial charge is 0.420 e. The molecule has 0 radical (unpaired) electrons. The summed E-state index contributed by atoms with van der Waals surface area (Å²) in [5.41, 5.74) is 0.728. The van der Waals surface area contributed by atoms with Gasteiger partial charge >= 0.3 is 5.76 Å². The maximum atomic E-state index is 14.2. The van der Waals surface area contributed by atoms with Crippen molar-refractivity contribution in [2.45, 2.75) is 18.4 Å². The van der Waals surface area contributed by atoms with Crippen LogP contribution in [-0.4, -0.2) is 35.5 Å². The summed E-state index contributed by atoms with van der Waals surface area (Å²) in [6.07, 6.45) is 0.213. The second-order valence-electron chi connectivity index (χ2n) is 5.15. The molecule has 1 fully saturated rings. The molecule has 1 saturated heterocycles. The maximum absolute atomic E-state index is 14.2. The number of halogens is 3. The van der Waals surface area contributed by atoms with E-state index < -0.39 is 17.7 Å². The molecule has 0 bridgehead atoms. The third-order valence-corrected chi connectivity index (χ3v) is 4.13. The van der Waals surface area contributed by atoms with Crippen LogP contribution in [0.1, 0.15) is 12.5 Å². The van der Waals surface area contributed by atoms with E-state index >= 15 is 0 Å². The molecule has 0 N–H and O–H groups in total. The molecule has 1 unspecified atom stereocenters. The van der Waals surface area contributed by atoms with Gasteiger partial charge in [-0.15, -0.1) is 0 Å². The molecule has 1 aliphatic rings. The van der Waals surface area contributed by atoms with Gasteiger partial charge in [0.25, 0.3) is 5.92 Å². The molecule has 4 nitrogen and oxygen atoms in total. The summed E-state index contributed by atoms with van der Waals surface area (Å²) in [6.45, 7) is 0.165. The zero-order valence-electron chi connectivity index (χ0n) is 10.8. The van der Waals surface area contributed by atoms with Crippen LogP contribution < -0.4 is 5.76 Å². The van der Waals surface area contributed by atoms with Gasteiger partial charge in [0.05, 0.1) is 12.1 Å². The van der Waals surface area contributed by atoms with Crippen LogP contribution in [-0.2, 0) is 0 Å². The number of benzene rings is 1. The van der Waals surface area contributed by atoms with E-state index in [0.717, 1.165) is 9.04 Å². The number of fused-ring (bicyclic) bond motifs is 1. The molecular weight excluding hydrogens is 334 g/mol. The van der Waals surface area contributed by atoms with Crippen molar-refractivity contribution in [1.29, 1.82) is 0 Å². The predicted octanol–water partition coefficient (Wildman–Crippen LogP) is 2.87. The lowest BCUT2D eigenvalue weighted by molar-refractivity contribution is -0.0984. The second kappa shape index (κ2) is 4.66. The van der Waals surface area contributed by atoms with Gasteiger partial charge in [-0.2, -0.15) is 0 Å². The van der Waals surface area contributed by atoms with Crippen molar-refractivity contribution in [3.05, 3.63) is 33.2 Å². The molecule has 2 aromatic rings. The number of hydrogen-bond acceptors (Lipinski definition) is 3. The van der Waals surface area contributed by atoms with Gasteiger partial charge in [-0.05, 0) is 31.7 Å². The average molecular weight is 347 g/mol. The summed E-state index contributed by atoms with van der Waals surface area (Å²) in [5, 5.41) is 0. The number of rotatable bonds is 1. The standard InChI is InChI=1S/C13H13BrF2N2O2/c1-17-5-4-11(13(15,16)7-17)18-9-6-8(14)2-3-10(9)20-12(18)19/h2-3,6,11H,4-5,7H2,1H3. The summed E-state index contributed by atoms with van der Waals surface area (Å²) >= 11 is 3.29. The molecule has 1 aromatic carbocycles. The first-order chi connectivity index (χ1) is 9.38. The van der Waals surface area contributed by atoms with Crippen LogP contribution in [0.5, 0.6) is 0 Å². The molecule has 0 amide bonds. The number of piperidine rings is 1. The maximum Gasteiger partial charge on any atom is 0.420 e. The number of oxazole rings is 1. The SMILES string of the molecule is CN1CCC(n2c(=O)oc3ccc(Br)cc32)C(F)(F)C1. The lowest BCUT2D eigenvalue weighted by Gasteiger charge is -2.36. The van der Waals surface area contributed by atoms with E-state index in [2.05, 4.69) is 15.9 Å². The Morgan fingerprint density at radius 2 is 2.20 bits per heavy atom. The molecule has 108 valence electrons. The number of aromatic nitrogens is 1. The number of alkyl halides is 2. The lowest BCUT2D eigenvalue weighted by atomic mass is 10.0. The minimum absolute atomic E-state index is 0.213. The van der Waals surface area contributed by atoms with E-state index in [9.17, 15) is 13.6 Å². The number of likely N-dealkylation sites (tertiary alicyclic amines) is 1. The number of nitrogens with zero attached hydrogens (tertiary/aromatic N) is 2. The van der Waals surface area contributed by atoms with E-state index in [-0.39, 0.29) is 13.0 Å². The highest BCUT2D eigenvalue weighted by molar-refractivity contribution is 9.10. The molecule has 20 heavy (non-hydrogen) atoms. The first kappa shape index (κ1) is 13.8. The van der Waals surface area contributed by atoms with Crippen molar-refractivity contribution in [2.24, 2.45) is 0 Å². The highest BCUT2D eigenvalue weighted by Crippen LogP contribution is 2.37. The minimum atomic E-state index is -2.96. The van der Waals surface area contributed by atoms with E-state index in [1.54, 1.807) is 30.1 Å². The van der Waals surface area contributed by atoms with E-state index in [1.165, 1.54) is 0 Å². The van der Waals surface area contributed by atoms with Crippen molar-refractivity contribution in [3.8, 4) is 0 Å². The Hall–Kier alpha value is -1.21. The van der Waals surface area contributed by atoms with Crippen LogP contribution in [0.4, 0.5) is 8.78 Å². The molecule has 3 rings (SSSR count). The molecule has 1 aromatic heterocycles. The van der Waals surface area contributed by atoms with Crippen LogP contribution in [0.3, 0.4) is 0 Å². The normalized spacial score (nSPS) is 23.3. The summed E-state index contributed by atoms with van der Waals surface area (Å²) in [5.74, 6) is -3.69. The van der Waals surface area contributed by atoms with Gasteiger partial charge in [-0.1, -0.05) is 15.9 Å². The minimum Gasteiger partial charge on any atom is -0.408 e. The predicted molar refractivity (Wildman–Crippen MR) is 74.3 cm³/mol. The summed E-state index contributed by atoms with van der Waals surface area (Å²) in [7, 11) is 1.65. The van der Waals surface area contributed by atoms with Crippen LogP contribution >= 0.6 is 15.9 Å². The summed E-state index contributed by atoms with van der Waals surface area (Å²) in [6, 6.07) is 3.78. The van der Waals surface area contributed by atoms with Crippen LogP contribution in [0, 0.1) is 0 Å². The first-order valence-electron chi connectivity index (χ1n) is 6.25. The van der Waals surface area contributed by atoms with Gasteiger partial charge in [0.15, 0.2) is 5.58 Å². The molecule has 0 saturated carbocycles. The van der Waals surface area contributed by atoms with E-state index in [0.29, 0.717) is 17.6 Å². The summed E-state index contributed by atoms with van der Waals surface area (Å²) < 4.78 is 35.3. The van der Waals surface area contributed by atoms with Gasteiger partial charge in [0, 0.05) is 11.0 Å². The van der Waals surface area contributed by atoms with Crippen molar-refractivity contribution < 1.29 is 13.2 Å². The smallest absolute Gasteiger partial charge is 0.408 e. The van der Waals surface area contributed by atoms with Crippen LogP contribution in [0.25, 0.3) is 11.1 Å². The Labute approximate surface area is 122 Å². The second-order valence-corrected chi connectivity index (χ2v) is 6.07. The molecule has 0 spiro atoms. The fourth-order valence-corrected chi connectivity index (χ4v) is 3.07. The van der Waals surface area contributed by atoms with Gasteiger partial charge in [-0.3, -0.25) is 4.57 Å². The van der Waals surface area contributed by atoms with E-state index in [4.69, 9.17) is 4.42 Å². The highest BCUT2D eigenvalue weighted by Gasteiger charge is 2.46. The quantitative estimate of drug-likeness (QED) is 0.796. The van der Waals surface area contributed by atoms with Crippen molar-refractivity contribution in [1.82, 2.24) is 9.47 Å². The fraction of sp³-hybridized carbons (Fsp3) is 0.462. The van der Waals surface area contributed by atoms with Gasteiger partial charge in [0.1, 0.15) is 6.04 Å². The Bertz CT molecular complexity index is 710. The Morgan fingerprint density at radius 1 is 1.45 bits per heavy atom. The van der Waals surface area contributed by atoms with Crippen molar-refractivity contribution >= 4 is 27.0 Å². The van der Waals surface area contributed by atoms with E-state index in [1.807, 2.05) is 0 Å². The zero-order chi connectivity index (χ0) is 14.5. The molecule has 7 heteroatoms. The Morgan fingerprint density at radius 3 is 2.90 bits per heavy atom. The molecule has 2 heterocycles. The lowest BCUT2D eigenvalue weighted by Crippen LogP contribution is -2.49. The van der Waals surface area contributed by atoms with Crippen molar-refractivity contribution in [2.75, 3.05) is 20.1 Å². The van der Waals surface area contributed by atoms with Gasteiger partial charge < -0.3 is 9.32 Å². The monoisotopic (exact) mass is 346 g/mol. The topological polar surface area (TPSA) is 38.4 Å². The first-order valence-corrected chi connectivity index (χ1v) is 7.05.